The van der Waals surface area contributed by atoms with Crippen LogP contribution in [-0.2, 0) is 0 Å². The summed E-state index contributed by atoms with van der Waals surface area (Å²) in [5, 5.41) is 0. The fraction of sp³-hybridized carbons (Fsp3) is 0.818. The van der Waals surface area contributed by atoms with Crippen LogP contribution in [0, 0.1) is 5.41 Å². The first-order valence-electron chi connectivity index (χ1n) is 4.88. The van der Waals surface area contributed by atoms with E-state index in [0.717, 1.165) is 0 Å². The highest BCUT2D eigenvalue weighted by Gasteiger charge is 2.26. The molecule has 0 nitrogen and oxygen atoms in total. The SMILES string of the molecule is CCC1(CC)CC=C(C)CC1. The van der Waals surface area contributed by atoms with Crippen LogP contribution in [0.15, 0.2) is 11.6 Å². The fourth-order valence-electron chi connectivity index (χ4n) is 1.95. The Balaban J connectivity index is 2.61. The Morgan fingerprint density at radius 1 is 1.36 bits per heavy atom. The molecule has 0 aliphatic heterocycles. The molecule has 0 aromatic rings. The average molecular weight is 152 g/mol. The summed E-state index contributed by atoms with van der Waals surface area (Å²) >= 11 is 0. The molecule has 0 atom stereocenters. The molecule has 1 aliphatic carbocycles. The van der Waals surface area contributed by atoms with Gasteiger partial charge < -0.3 is 0 Å². The van der Waals surface area contributed by atoms with E-state index in [4.69, 9.17) is 0 Å². The second-order valence-electron chi connectivity index (χ2n) is 3.96. The molecule has 64 valence electrons. The fourth-order valence-corrected chi connectivity index (χ4v) is 1.95. The zero-order valence-corrected chi connectivity index (χ0v) is 8.11. The zero-order valence-electron chi connectivity index (χ0n) is 8.11. The highest BCUT2D eigenvalue weighted by Crippen LogP contribution is 2.40. The smallest absolute Gasteiger partial charge is 0.0265 e. The predicted molar refractivity (Wildman–Crippen MR) is 50.6 cm³/mol. The van der Waals surface area contributed by atoms with Gasteiger partial charge in [0.25, 0.3) is 0 Å². The Labute approximate surface area is 70.7 Å². The molecule has 0 saturated carbocycles. The quantitative estimate of drug-likeness (QED) is 0.526. The molecule has 0 fully saturated rings. The summed E-state index contributed by atoms with van der Waals surface area (Å²) in [6.07, 6.45) is 9.23. The van der Waals surface area contributed by atoms with Gasteiger partial charge in [-0.25, -0.2) is 0 Å². The van der Waals surface area contributed by atoms with Crippen LogP contribution in [0.4, 0.5) is 0 Å². The van der Waals surface area contributed by atoms with Gasteiger partial charge in [-0.15, -0.1) is 0 Å². The van der Waals surface area contributed by atoms with Crippen molar-refractivity contribution in [1.29, 1.82) is 0 Å². The monoisotopic (exact) mass is 152 g/mol. The van der Waals surface area contributed by atoms with Crippen LogP contribution >= 0.6 is 0 Å². The van der Waals surface area contributed by atoms with Crippen LogP contribution in [0.3, 0.4) is 0 Å². The Bertz CT molecular complexity index is 149. The first kappa shape index (κ1) is 8.83. The zero-order chi connectivity index (χ0) is 8.32. The van der Waals surface area contributed by atoms with E-state index in [1.165, 1.54) is 32.1 Å². The lowest BCUT2D eigenvalue weighted by Crippen LogP contribution is -2.20. The van der Waals surface area contributed by atoms with E-state index < -0.39 is 0 Å². The third kappa shape index (κ3) is 1.85. The minimum Gasteiger partial charge on any atom is -0.0851 e. The van der Waals surface area contributed by atoms with Crippen molar-refractivity contribution in [1.82, 2.24) is 0 Å². The standard InChI is InChI=1S/C11H20/c1-4-11(5-2)8-6-10(3)7-9-11/h6H,4-5,7-9H2,1-3H3. The predicted octanol–water partition coefficient (Wildman–Crippen LogP) is 3.92. The van der Waals surface area contributed by atoms with Gasteiger partial charge in [-0.3, -0.25) is 0 Å². The van der Waals surface area contributed by atoms with Gasteiger partial charge in [0.2, 0.25) is 0 Å². The Kier molecular flexibility index (Phi) is 2.75. The van der Waals surface area contributed by atoms with Crippen LogP contribution in [0.2, 0.25) is 0 Å². The molecule has 11 heavy (non-hydrogen) atoms. The van der Waals surface area contributed by atoms with Crippen LogP contribution < -0.4 is 0 Å². The van der Waals surface area contributed by atoms with Gasteiger partial charge in [-0.05, 0) is 31.6 Å². The number of allylic oxidation sites excluding steroid dienone is 2. The molecule has 0 N–H and O–H groups in total. The van der Waals surface area contributed by atoms with Gasteiger partial charge in [0.05, 0.1) is 0 Å². The van der Waals surface area contributed by atoms with Crippen LogP contribution in [0.25, 0.3) is 0 Å². The summed E-state index contributed by atoms with van der Waals surface area (Å²) in [5.74, 6) is 0. The molecule has 1 rings (SSSR count). The number of hydrogen-bond acceptors (Lipinski definition) is 0. The molecule has 0 amide bonds. The van der Waals surface area contributed by atoms with Crippen LogP contribution in [0.1, 0.15) is 52.9 Å². The van der Waals surface area contributed by atoms with Crippen molar-refractivity contribution in [3.05, 3.63) is 11.6 Å². The van der Waals surface area contributed by atoms with Crippen molar-refractivity contribution >= 4 is 0 Å². The molecule has 0 spiro atoms. The van der Waals surface area contributed by atoms with Gasteiger partial charge in [0.1, 0.15) is 0 Å². The van der Waals surface area contributed by atoms with Gasteiger partial charge >= 0.3 is 0 Å². The first-order valence-corrected chi connectivity index (χ1v) is 4.88. The molecular weight excluding hydrogens is 132 g/mol. The van der Waals surface area contributed by atoms with Crippen molar-refractivity contribution in [3.63, 3.8) is 0 Å². The maximum absolute atomic E-state index is 2.44. The summed E-state index contributed by atoms with van der Waals surface area (Å²) in [7, 11) is 0. The molecule has 0 bridgehead atoms. The van der Waals surface area contributed by atoms with Gasteiger partial charge in [0.15, 0.2) is 0 Å². The summed E-state index contributed by atoms with van der Waals surface area (Å²) in [6, 6.07) is 0. The highest BCUT2D eigenvalue weighted by molar-refractivity contribution is 5.06. The third-order valence-electron chi connectivity index (χ3n) is 3.43. The second-order valence-corrected chi connectivity index (χ2v) is 3.96. The van der Waals surface area contributed by atoms with Crippen molar-refractivity contribution in [2.45, 2.75) is 52.9 Å². The Morgan fingerprint density at radius 2 is 2.00 bits per heavy atom. The van der Waals surface area contributed by atoms with Crippen molar-refractivity contribution in [2.24, 2.45) is 5.41 Å². The maximum atomic E-state index is 2.44. The Morgan fingerprint density at radius 3 is 2.36 bits per heavy atom. The first-order chi connectivity index (χ1) is 5.22. The molecule has 0 aromatic carbocycles. The van der Waals surface area contributed by atoms with Crippen molar-refractivity contribution in [3.8, 4) is 0 Å². The molecule has 0 unspecified atom stereocenters. The van der Waals surface area contributed by atoms with Crippen LogP contribution in [-0.4, -0.2) is 0 Å². The van der Waals surface area contributed by atoms with E-state index >= 15 is 0 Å². The molecule has 0 heteroatoms. The normalized spacial score (nSPS) is 23.0. The van der Waals surface area contributed by atoms with Crippen molar-refractivity contribution < 1.29 is 0 Å². The lowest BCUT2D eigenvalue weighted by molar-refractivity contribution is 0.232. The maximum Gasteiger partial charge on any atom is -0.0265 e. The second kappa shape index (κ2) is 3.42. The third-order valence-corrected chi connectivity index (χ3v) is 3.43. The molecule has 1 aliphatic rings. The van der Waals surface area contributed by atoms with Crippen LogP contribution in [0.5, 0.6) is 0 Å². The summed E-state index contributed by atoms with van der Waals surface area (Å²) < 4.78 is 0. The highest BCUT2D eigenvalue weighted by atomic mass is 14.3. The summed E-state index contributed by atoms with van der Waals surface area (Å²) in [4.78, 5) is 0. The number of rotatable bonds is 2. The minimum absolute atomic E-state index is 0.666. The molecule has 0 aromatic heterocycles. The van der Waals surface area contributed by atoms with E-state index in [2.05, 4.69) is 26.8 Å². The lowest BCUT2D eigenvalue weighted by Gasteiger charge is -2.34. The van der Waals surface area contributed by atoms with E-state index in [0.29, 0.717) is 5.41 Å². The van der Waals surface area contributed by atoms with E-state index in [1.807, 2.05) is 0 Å². The summed E-state index contributed by atoms with van der Waals surface area (Å²) in [5.41, 5.74) is 2.27. The topological polar surface area (TPSA) is 0 Å². The van der Waals surface area contributed by atoms with Gasteiger partial charge in [0, 0.05) is 0 Å². The van der Waals surface area contributed by atoms with E-state index in [9.17, 15) is 0 Å². The average Bonchev–Trinajstić information content (AvgIpc) is 2.07. The molecule has 0 saturated heterocycles. The van der Waals surface area contributed by atoms with Crippen molar-refractivity contribution in [2.75, 3.05) is 0 Å². The van der Waals surface area contributed by atoms with Gasteiger partial charge in [-0.1, -0.05) is 38.3 Å². The van der Waals surface area contributed by atoms with E-state index in [1.54, 1.807) is 5.57 Å². The summed E-state index contributed by atoms with van der Waals surface area (Å²) in [6.45, 7) is 6.92. The Hall–Kier alpha value is -0.260. The molecule has 0 heterocycles. The molecule has 0 radical (unpaired) electrons. The largest absolute Gasteiger partial charge is 0.0851 e. The lowest BCUT2D eigenvalue weighted by atomic mass is 9.71. The minimum atomic E-state index is 0.666. The van der Waals surface area contributed by atoms with Gasteiger partial charge in [-0.2, -0.15) is 0 Å². The molecular formula is C11H20. The number of hydrogen-bond donors (Lipinski definition) is 0. The van der Waals surface area contributed by atoms with E-state index in [-0.39, 0.29) is 0 Å².